The van der Waals surface area contributed by atoms with Crippen LogP contribution in [0.5, 0.6) is 0 Å². The molecule has 0 aromatic heterocycles. The Labute approximate surface area is 93.3 Å². The molecule has 0 aromatic rings. The molecule has 1 saturated carbocycles. The monoisotopic (exact) mass is 259 g/mol. The molecule has 0 aromatic carbocycles. The van der Waals surface area contributed by atoms with E-state index in [4.69, 9.17) is 5.14 Å². The fourth-order valence-electron chi connectivity index (χ4n) is 2.34. The highest BCUT2D eigenvalue weighted by Gasteiger charge is 2.51. The van der Waals surface area contributed by atoms with E-state index in [1.165, 1.54) is 0 Å². The molecule has 0 spiro atoms. The summed E-state index contributed by atoms with van der Waals surface area (Å²) >= 11 is 0. The van der Waals surface area contributed by atoms with Gasteiger partial charge in [-0.05, 0) is 18.8 Å². The van der Waals surface area contributed by atoms with Crippen molar-refractivity contribution in [1.82, 2.24) is 0 Å². The summed E-state index contributed by atoms with van der Waals surface area (Å²) in [6.45, 7) is 0. The van der Waals surface area contributed by atoms with Gasteiger partial charge in [-0.1, -0.05) is 25.7 Å². The first-order valence-corrected chi connectivity index (χ1v) is 6.92. The molecule has 1 aliphatic rings. The molecule has 16 heavy (non-hydrogen) atoms. The van der Waals surface area contributed by atoms with E-state index in [0.717, 1.165) is 12.8 Å². The fourth-order valence-corrected chi connectivity index (χ4v) is 3.52. The summed E-state index contributed by atoms with van der Waals surface area (Å²) in [6, 6.07) is 0. The Morgan fingerprint density at radius 1 is 1.06 bits per heavy atom. The van der Waals surface area contributed by atoms with Crippen LogP contribution in [0.4, 0.5) is 13.2 Å². The van der Waals surface area contributed by atoms with Crippen molar-refractivity contribution in [3.05, 3.63) is 0 Å². The Kier molecular flexibility index (Phi) is 4.23. The molecule has 1 rings (SSSR count). The van der Waals surface area contributed by atoms with Crippen molar-refractivity contribution >= 4 is 10.0 Å². The lowest BCUT2D eigenvalue weighted by Gasteiger charge is -2.26. The number of hydrogen-bond donors (Lipinski definition) is 1. The first-order chi connectivity index (χ1) is 7.23. The summed E-state index contributed by atoms with van der Waals surface area (Å²) < 4.78 is 60.1. The van der Waals surface area contributed by atoms with Crippen molar-refractivity contribution in [2.45, 2.75) is 50.0 Å². The highest BCUT2D eigenvalue weighted by molar-refractivity contribution is 7.89. The quantitative estimate of drug-likeness (QED) is 0.773. The fraction of sp³-hybridized carbons (Fsp3) is 1.00. The molecule has 3 nitrogen and oxygen atoms in total. The van der Waals surface area contributed by atoms with Gasteiger partial charge in [-0.3, -0.25) is 0 Å². The Morgan fingerprint density at radius 2 is 1.50 bits per heavy atom. The molecule has 1 unspecified atom stereocenters. The van der Waals surface area contributed by atoms with Crippen LogP contribution in [0.2, 0.25) is 0 Å². The van der Waals surface area contributed by atoms with Crippen LogP contribution in [0, 0.1) is 5.92 Å². The molecule has 1 fully saturated rings. The second-order valence-electron chi connectivity index (χ2n) is 4.30. The summed E-state index contributed by atoms with van der Waals surface area (Å²) in [5.41, 5.74) is 0. The topological polar surface area (TPSA) is 60.2 Å². The van der Waals surface area contributed by atoms with Gasteiger partial charge in [0.15, 0.2) is 5.25 Å². The van der Waals surface area contributed by atoms with Crippen molar-refractivity contribution in [3.63, 3.8) is 0 Å². The number of primary sulfonamides is 1. The maximum absolute atomic E-state index is 12.7. The van der Waals surface area contributed by atoms with Gasteiger partial charge in [0.2, 0.25) is 10.0 Å². The van der Waals surface area contributed by atoms with Crippen LogP contribution < -0.4 is 5.14 Å². The zero-order valence-corrected chi connectivity index (χ0v) is 9.65. The summed E-state index contributed by atoms with van der Waals surface area (Å²) in [5, 5.41) is 2.31. The molecular weight excluding hydrogens is 243 g/mol. The number of hydrogen-bond acceptors (Lipinski definition) is 2. The maximum Gasteiger partial charge on any atom is 0.407 e. The van der Waals surface area contributed by atoms with E-state index in [1.54, 1.807) is 0 Å². The number of nitrogens with two attached hydrogens (primary N) is 1. The van der Waals surface area contributed by atoms with E-state index >= 15 is 0 Å². The predicted octanol–water partition coefficient (Wildman–Crippen LogP) is 2.18. The van der Waals surface area contributed by atoms with Gasteiger partial charge in [-0.15, -0.1) is 0 Å². The average molecular weight is 259 g/mol. The largest absolute Gasteiger partial charge is 0.407 e. The standard InChI is InChI=1S/C9H16F3NO2S/c10-9(11,12)8(16(13,14)15)7-5-3-1-2-4-6-7/h7-8H,1-6H2,(H2,13,14,15). The van der Waals surface area contributed by atoms with Crippen molar-refractivity contribution in [3.8, 4) is 0 Å². The van der Waals surface area contributed by atoms with E-state index < -0.39 is 27.4 Å². The van der Waals surface area contributed by atoms with Crippen LogP contribution in [-0.2, 0) is 10.0 Å². The van der Waals surface area contributed by atoms with E-state index in [1.807, 2.05) is 0 Å². The lowest BCUT2D eigenvalue weighted by atomic mass is 9.96. The Bertz CT molecular complexity index is 318. The van der Waals surface area contributed by atoms with E-state index in [-0.39, 0.29) is 0 Å². The van der Waals surface area contributed by atoms with Gasteiger partial charge in [-0.25, -0.2) is 13.6 Å². The SMILES string of the molecule is NS(=O)(=O)C(C1CCCCCC1)C(F)(F)F. The Hall–Kier alpha value is -0.300. The first-order valence-electron chi connectivity index (χ1n) is 5.31. The summed E-state index contributed by atoms with van der Waals surface area (Å²) in [4.78, 5) is 0. The van der Waals surface area contributed by atoms with Gasteiger partial charge < -0.3 is 0 Å². The average Bonchev–Trinajstić information content (AvgIpc) is 2.27. The molecule has 7 heteroatoms. The summed E-state index contributed by atoms with van der Waals surface area (Å²) in [7, 11) is -4.56. The van der Waals surface area contributed by atoms with Gasteiger partial charge in [0.1, 0.15) is 0 Å². The second-order valence-corrected chi connectivity index (χ2v) is 5.99. The summed E-state index contributed by atoms with van der Waals surface area (Å²) in [6.07, 6.45) is -1.15. The lowest BCUT2D eigenvalue weighted by molar-refractivity contribution is -0.140. The predicted molar refractivity (Wildman–Crippen MR) is 54.1 cm³/mol. The third-order valence-corrected chi connectivity index (χ3v) is 4.36. The number of halogens is 3. The minimum absolute atomic E-state index is 0.292. The maximum atomic E-state index is 12.7. The molecular formula is C9H16F3NO2S. The first kappa shape index (κ1) is 13.8. The Morgan fingerprint density at radius 3 is 1.81 bits per heavy atom. The highest BCUT2D eigenvalue weighted by Crippen LogP contribution is 2.37. The normalized spacial score (nSPS) is 22.8. The molecule has 0 bridgehead atoms. The van der Waals surface area contributed by atoms with Crippen LogP contribution in [0.15, 0.2) is 0 Å². The van der Waals surface area contributed by atoms with E-state index in [2.05, 4.69) is 0 Å². The van der Waals surface area contributed by atoms with E-state index in [0.29, 0.717) is 25.7 Å². The molecule has 1 aliphatic carbocycles. The minimum atomic E-state index is -4.76. The number of alkyl halides is 3. The molecule has 1 atom stereocenters. The van der Waals surface area contributed by atoms with Gasteiger partial charge in [-0.2, -0.15) is 13.2 Å². The zero-order valence-electron chi connectivity index (χ0n) is 8.83. The van der Waals surface area contributed by atoms with Crippen LogP contribution in [-0.4, -0.2) is 19.8 Å². The smallest absolute Gasteiger partial charge is 0.228 e. The molecule has 0 heterocycles. The van der Waals surface area contributed by atoms with Gasteiger partial charge in [0.25, 0.3) is 0 Å². The van der Waals surface area contributed by atoms with Crippen molar-refractivity contribution < 1.29 is 21.6 Å². The molecule has 0 saturated heterocycles. The molecule has 0 radical (unpaired) electrons. The second kappa shape index (κ2) is 4.91. The van der Waals surface area contributed by atoms with Crippen molar-refractivity contribution in [2.24, 2.45) is 11.1 Å². The molecule has 0 amide bonds. The third-order valence-electron chi connectivity index (χ3n) is 3.00. The van der Waals surface area contributed by atoms with Crippen molar-refractivity contribution in [2.75, 3.05) is 0 Å². The molecule has 96 valence electrons. The summed E-state index contributed by atoms with van der Waals surface area (Å²) in [5.74, 6) is -0.877. The van der Waals surface area contributed by atoms with Crippen LogP contribution in [0.1, 0.15) is 38.5 Å². The van der Waals surface area contributed by atoms with Crippen LogP contribution >= 0.6 is 0 Å². The highest BCUT2D eigenvalue weighted by atomic mass is 32.2. The minimum Gasteiger partial charge on any atom is -0.228 e. The van der Waals surface area contributed by atoms with E-state index in [9.17, 15) is 21.6 Å². The van der Waals surface area contributed by atoms with Crippen molar-refractivity contribution in [1.29, 1.82) is 0 Å². The number of rotatable bonds is 2. The molecule has 0 aliphatic heterocycles. The van der Waals surface area contributed by atoms with Crippen LogP contribution in [0.25, 0.3) is 0 Å². The van der Waals surface area contributed by atoms with Gasteiger partial charge in [0.05, 0.1) is 0 Å². The zero-order chi connectivity index (χ0) is 12.4. The molecule has 2 N–H and O–H groups in total. The Balaban J connectivity index is 2.92. The van der Waals surface area contributed by atoms with Gasteiger partial charge >= 0.3 is 6.18 Å². The third kappa shape index (κ3) is 3.62. The van der Waals surface area contributed by atoms with Gasteiger partial charge in [0, 0.05) is 0 Å². The van der Waals surface area contributed by atoms with Crippen LogP contribution in [0.3, 0.4) is 0 Å². The number of sulfonamides is 1. The lowest BCUT2D eigenvalue weighted by Crippen LogP contribution is -2.46.